The monoisotopic (exact) mass is 255 g/mol. The van der Waals surface area contributed by atoms with Crippen LogP contribution in [0.2, 0.25) is 0 Å². The third kappa shape index (κ3) is 2.32. The second-order valence-corrected chi connectivity index (χ2v) is 5.69. The third-order valence-electron chi connectivity index (χ3n) is 2.54. The summed E-state index contributed by atoms with van der Waals surface area (Å²) < 4.78 is 30.7. The summed E-state index contributed by atoms with van der Waals surface area (Å²) in [4.78, 5) is 10.5. The summed E-state index contributed by atoms with van der Waals surface area (Å²) in [7, 11) is -3.65. The fourth-order valence-corrected chi connectivity index (χ4v) is 3.16. The van der Waals surface area contributed by atoms with Crippen LogP contribution in [0.25, 0.3) is 0 Å². The Morgan fingerprint density at radius 2 is 2.18 bits per heavy atom. The topological polar surface area (TPSA) is 67.6 Å². The van der Waals surface area contributed by atoms with E-state index in [4.69, 9.17) is 4.42 Å². The molecular formula is C11H13NO4S. The van der Waals surface area contributed by atoms with Gasteiger partial charge in [0, 0.05) is 12.6 Å². The van der Waals surface area contributed by atoms with Gasteiger partial charge in [-0.05, 0) is 25.0 Å². The summed E-state index contributed by atoms with van der Waals surface area (Å²) >= 11 is 0. The Bertz CT molecular complexity index is 527. The molecule has 1 aliphatic rings. The number of hydrogen-bond donors (Lipinski definition) is 0. The lowest BCUT2D eigenvalue weighted by molar-refractivity contribution is 0.109. The molecule has 0 N–H and O–H groups in total. The first-order valence-electron chi connectivity index (χ1n) is 5.27. The molecule has 2 rings (SSSR count). The van der Waals surface area contributed by atoms with Gasteiger partial charge in [-0.3, -0.25) is 4.79 Å². The maximum Gasteiger partial charge on any atom is 0.277 e. The molecule has 0 aliphatic heterocycles. The molecule has 1 saturated carbocycles. The van der Waals surface area contributed by atoms with Gasteiger partial charge in [-0.2, -0.15) is 4.31 Å². The summed E-state index contributed by atoms with van der Waals surface area (Å²) in [6.07, 6.45) is 3.73. The highest BCUT2D eigenvalue weighted by Crippen LogP contribution is 2.32. The van der Waals surface area contributed by atoms with Gasteiger partial charge in [0.05, 0.1) is 0 Å². The molecule has 0 aromatic carbocycles. The highest BCUT2D eigenvalue weighted by molar-refractivity contribution is 7.89. The van der Waals surface area contributed by atoms with E-state index < -0.39 is 10.0 Å². The van der Waals surface area contributed by atoms with Gasteiger partial charge in [0.25, 0.3) is 10.0 Å². The van der Waals surface area contributed by atoms with Gasteiger partial charge in [-0.25, -0.2) is 8.42 Å². The fraction of sp³-hybridized carbons (Fsp3) is 0.364. The minimum absolute atomic E-state index is 0.0120. The average Bonchev–Trinajstić information content (AvgIpc) is 3.01. The van der Waals surface area contributed by atoms with Gasteiger partial charge in [0.2, 0.25) is 5.09 Å². The number of furan rings is 1. The van der Waals surface area contributed by atoms with E-state index in [0.717, 1.165) is 12.8 Å². The Kier molecular flexibility index (Phi) is 3.17. The molecule has 0 unspecified atom stereocenters. The molecular weight excluding hydrogens is 242 g/mol. The lowest BCUT2D eigenvalue weighted by Crippen LogP contribution is -2.33. The first-order valence-corrected chi connectivity index (χ1v) is 6.71. The van der Waals surface area contributed by atoms with E-state index >= 15 is 0 Å². The van der Waals surface area contributed by atoms with Crippen molar-refractivity contribution in [3.05, 3.63) is 30.5 Å². The van der Waals surface area contributed by atoms with Crippen LogP contribution in [0.3, 0.4) is 0 Å². The van der Waals surface area contributed by atoms with E-state index in [-0.39, 0.29) is 23.4 Å². The number of carbonyl (C=O) groups excluding carboxylic acids is 1. The second-order valence-electron chi connectivity index (χ2n) is 3.87. The van der Waals surface area contributed by atoms with Crippen molar-refractivity contribution in [2.45, 2.75) is 24.0 Å². The molecule has 0 spiro atoms. The van der Waals surface area contributed by atoms with Crippen molar-refractivity contribution in [2.24, 2.45) is 0 Å². The predicted octanol–water partition coefficient (Wildman–Crippen LogP) is 1.43. The average molecular weight is 255 g/mol. The van der Waals surface area contributed by atoms with Crippen LogP contribution in [0.1, 0.15) is 23.4 Å². The molecule has 5 nitrogen and oxygen atoms in total. The van der Waals surface area contributed by atoms with Gasteiger partial charge in [0.15, 0.2) is 12.0 Å². The van der Waals surface area contributed by atoms with Crippen LogP contribution in [0, 0.1) is 0 Å². The zero-order valence-corrected chi connectivity index (χ0v) is 10.0. The molecule has 92 valence electrons. The van der Waals surface area contributed by atoms with Gasteiger partial charge in [-0.1, -0.05) is 6.08 Å². The first-order chi connectivity index (χ1) is 8.09. The number of carbonyl (C=O) groups is 1. The minimum atomic E-state index is -3.65. The quantitative estimate of drug-likeness (QED) is 0.569. The molecule has 1 aromatic rings. The van der Waals surface area contributed by atoms with Crippen LogP contribution in [0.4, 0.5) is 0 Å². The summed E-state index contributed by atoms with van der Waals surface area (Å²) in [5.74, 6) is 0.0120. The fourth-order valence-electron chi connectivity index (χ4n) is 1.59. The number of rotatable bonds is 6. The Balaban J connectivity index is 2.32. The van der Waals surface area contributed by atoms with E-state index in [9.17, 15) is 13.2 Å². The van der Waals surface area contributed by atoms with E-state index in [1.807, 2.05) is 0 Å². The highest BCUT2D eigenvalue weighted by Gasteiger charge is 2.38. The number of hydrogen-bond acceptors (Lipinski definition) is 4. The Labute approximate surface area is 99.8 Å². The van der Waals surface area contributed by atoms with Crippen molar-refractivity contribution < 1.29 is 17.6 Å². The maximum atomic E-state index is 12.2. The van der Waals surface area contributed by atoms with E-state index in [1.165, 1.54) is 16.4 Å². The zero-order chi connectivity index (χ0) is 12.5. The molecule has 0 bridgehead atoms. The van der Waals surface area contributed by atoms with Crippen LogP contribution in [0.5, 0.6) is 0 Å². The largest absolute Gasteiger partial charge is 0.440 e. The van der Waals surface area contributed by atoms with Gasteiger partial charge in [-0.15, -0.1) is 6.58 Å². The van der Waals surface area contributed by atoms with Gasteiger partial charge in [0.1, 0.15) is 0 Å². The molecule has 0 atom stereocenters. The molecule has 0 amide bonds. The van der Waals surface area contributed by atoms with Crippen molar-refractivity contribution in [1.82, 2.24) is 4.31 Å². The summed E-state index contributed by atoms with van der Waals surface area (Å²) in [6, 6.07) is 2.68. The van der Waals surface area contributed by atoms with Crippen molar-refractivity contribution in [1.29, 1.82) is 0 Å². The van der Waals surface area contributed by atoms with Crippen LogP contribution in [0.15, 0.2) is 34.3 Å². The van der Waals surface area contributed by atoms with Crippen LogP contribution >= 0.6 is 0 Å². The SMILES string of the molecule is C=CCN(C1CC1)S(=O)(=O)c1ccc(C=O)o1. The normalized spacial score (nSPS) is 16.1. The van der Waals surface area contributed by atoms with Crippen molar-refractivity contribution in [2.75, 3.05) is 6.54 Å². The molecule has 17 heavy (non-hydrogen) atoms. The Morgan fingerprint density at radius 3 is 2.65 bits per heavy atom. The lowest BCUT2D eigenvalue weighted by Gasteiger charge is -2.18. The Morgan fingerprint density at radius 1 is 1.47 bits per heavy atom. The standard InChI is InChI=1S/C11H13NO4S/c1-2-7-12(9-3-4-9)17(14,15)11-6-5-10(8-13)16-11/h2,5-6,8-9H,1,3-4,7H2. The summed E-state index contributed by atoms with van der Waals surface area (Å²) in [5, 5.41) is -0.187. The van der Waals surface area contributed by atoms with Gasteiger partial charge >= 0.3 is 0 Å². The van der Waals surface area contributed by atoms with Crippen LogP contribution in [-0.4, -0.2) is 31.6 Å². The van der Waals surface area contributed by atoms with Crippen LogP contribution < -0.4 is 0 Å². The van der Waals surface area contributed by atoms with Crippen molar-refractivity contribution in [3.8, 4) is 0 Å². The lowest BCUT2D eigenvalue weighted by atomic mass is 10.5. The summed E-state index contributed by atoms with van der Waals surface area (Å²) in [6.45, 7) is 3.80. The zero-order valence-electron chi connectivity index (χ0n) is 9.20. The summed E-state index contributed by atoms with van der Waals surface area (Å²) in [5.41, 5.74) is 0. The molecule has 6 heteroatoms. The number of nitrogens with zero attached hydrogens (tertiary/aromatic N) is 1. The first kappa shape index (κ1) is 12.1. The maximum absolute atomic E-state index is 12.2. The molecule has 1 aliphatic carbocycles. The van der Waals surface area contributed by atoms with E-state index in [1.54, 1.807) is 6.08 Å². The second kappa shape index (κ2) is 4.46. The molecule has 1 heterocycles. The minimum Gasteiger partial charge on any atom is -0.440 e. The Hall–Kier alpha value is -1.40. The third-order valence-corrected chi connectivity index (χ3v) is 4.34. The molecule has 1 aromatic heterocycles. The predicted molar refractivity (Wildman–Crippen MR) is 61.2 cm³/mol. The van der Waals surface area contributed by atoms with Crippen molar-refractivity contribution in [3.63, 3.8) is 0 Å². The van der Waals surface area contributed by atoms with E-state index in [0.29, 0.717) is 6.29 Å². The smallest absolute Gasteiger partial charge is 0.277 e. The van der Waals surface area contributed by atoms with Crippen LogP contribution in [-0.2, 0) is 10.0 Å². The molecule has 0 radical (unpaired) electrons. The van der Waals surface area contributed by atoms with Crippen molar-refractivity contribution >= 4 is 16.3 Å². The van der Waals surface area contributed by atoms with Gasteiger partial charge < -0.3 is 4.42 Å². The van der Waals surface area contributed by atoms with E-state index in [2.05, 4.69) is 6.58 Å². The molecule has 1 fully saturated rings. The molecule has 0 saturated heterocycles. The number of aldehydes is 1. The highest BCUT2D eigenvalue weighted by atomic mass is 32.2. The number of sulfonamides is 1.